The maximum absolute atomic E-state index is 13.0. The van der Waals surface area contributed by atoms with Crippen LogP contribution in [0, 0.1) is 0 Å². The zero-order chi connectivity index (χ0) is 27.1. The molecule has 0 aromatic rings. The predicted octanol–water partition coefficient (Wildman–Crippen LogP) is -2.62. The molecule has 0 saturated heterocycles. The SMILES string of the molecule is CC(C)OC(=O)N(C)CCN(C)C(=O)[C@H](CCCN=C(N)N)NC(=O)CNC(=O)[C@@H](N)CC(=O)O. The smallest absolute Gasteiger partial charge is 0.409 e. The molecule has 15 heteroatoms. The minimum Gasteiger partial charge on any atom is -0.481 e. The minimum atomic E-state index is -1.32. The summed E-state index contributed by atoms with van der Waals surface area (Å²) in [6, 6.07) is -2.28. The second-order valence-electron chi connectivity index (χ2n) is 8.10. The lowest BCUT2D eigenvalue weighted by atomic mass is 10.1. The summed E-state index contributed by atoms with van der Waals surface area (Å²) in [6.07, 6.45) is -0.834. The van der Waals surface area contributed by atoms with Gasteiger partial charge >= 0.3 is 12.1 Å². The number of ether oxygens (including phenoxy) is 1. The maximum atomic E-state index is 13.0. The number of carbonyl (C=O) groups excluding carboxylic acids is 4. The highest BCUT2D eigenvalue weighted by Gasteiger charge is 2.25. The average molecular weight is 503 g/mol. The first-order valence-electron chi connectivity index (χ1n) is 11.0. The molecular weight excluding hydrogens is 464 g/mol. The lowest BCUT2D eigenvalue weighted by molar-refractivity contribution is -0.139. The lowest BCUT2D eigenvalue weighted by Gasteiger charge is -2.27. The molecule has 0 saturated carbocycles. The first kappa shape index (κ1) is 31.4. The van der Waals surface area contributed by atoms with E-state index in [0.29, 0.717) is 6.42 Å². The molecule has 2 atom stereocenters. The summed E-state index contributed by atoms with van der Waals surface area (Å²) in [4.78, 5) is 66.2. The van der Waals surface area contributed by atoms with Crippen molar-refractivity contribution in [3.8, 4) is 0 Å². The van der Waals surface area contributed by atoms with Crippen LogP contribution in [0.4, 0.5) is 4.79 Å². The fourth-order valence-electron chi connectivity index (χ4n) is 2.64. The van der Waals surface area contributed by atoms with Crippen molar-refractivity contribution in [3.05, 3.63) is 0 Å². The van der Waals surface area contributed by atoms with Gasteiger partial charge in [-0.15, -0.1) is 0 Å². The van der Waals surface area contributed by atoms with Gasteiger partial charge in [0.1, 0.15) is 6.04 Å². The molecule has 0 aromatic heterocycles. The van der Waals surface area contributed by atoms with Crippen LogP contribution in [-0.4, -0.2) is 109 Å². The number of carboxylic acids is 1. The fourth-order valence-corrected chi connectivity index (χ4v) is 2.64. The number of hydrogen-bond acceptors (Lipinski definition) is 8. The van der Waals surface area contributed by atoms with Crippen LogP contribution in [0.3, 0.4) is 0 Å². The van der Waals surface area contributed by atoms with Gasteiger partial charge in [-0.2, -0.15) is 0 Å². The highest BCUT2D eigenvalue weighted by atomic mass is 16.6. The molecule has 0 aliphatic heterocycles. The van der Waals surface area contributed by atoms with Crippen molar-refractivity contribution >= 4 is 35.7 Å². The van der Waals surface area contributed by atoms with E-state index in [4.69, 9.17) is 27.0 Å². The fraction of sp³-hybridized carbons (Fsp3) is 0.700. The largest absolute Gasteiger partial charge is 0.481 e. The van der Waals surface area contributed by atoms with Crippen LogP contribution >= 0.6 is 0 Å². The molecule has 0 rings (SSSR count). The van der Waals surface area contributed by atoms with Crippen molar-refractivity contribution in [3.63, 3.8) is 0 Å². The zero-order valence-electron chi connectivity index (χ0n) is 20.7. The van der Waals surface area contributed by atoms with Gasteiger partial charge in [-0.1, -0.05) is 0 Å². The van der Waals surface area contributed by atoms with Gasteiger partial charge in [0.15, 0.2) is 5.96 Å². The Morgan fingerprint density at radius 2 is 1.66 bits per heavy atom. The number of carboxylic acid groups (broad SMARTS) is 1. The number of likely N-dealkylation sites (N-methyl/N-ethyl adjacent to an activating group) is 2. The van der Waals surface area contributed by atoms with Gasteiger partial charge < -0.3 is 47.5 Å². The molecule has 35 heavy (non-hydrogen) atoms. The number of nitrogens with one attached hydrogen (secondary N) is 2. The molecule has 4 amide bonds. The molecule has 9 N–H and O–H groups in total. The van der Waals surface area contributed by atoms with Gasteiger partial charge in [-0.05, 0) is 26.7 Å². The Kier molecular flexibility index (Phi) is 14.4. The van der Waals surface area contributed by atoms with Crippen LogP contribution in [0.25, 0.3) is 0 Å². The number of nitrogens with two attached hydrogens (primary N) is 3. The van der Waals surface area contributed by atoms with Crippen molar-refractivity contribution in [2.75, 3.05) is 40.3 Å². The number of amides is 4. The van der Waals surface area contributed by atoms with Gasteiger partial charge in [-0.3, -0.25) is 24.2 Å². The Morgan fingerprint density at radius 3 is 2.20 bits per heavy atom. The third kappa shape index (κ3) is 14.3. The number of rotatable bonds is 15. The van der Waals surface area contributed by atoms with Gasteiger partial charge in [0.05, 0.1) is 25.1 Å². The normalized spacial score (nSPS) is 12.2. The van der Waals surface area contributed by atoms with Crippen LogP contribution in [0.1, 0.15) is 33.1 Å². The van der Waals surface area contributed by atoms with E-state index >= 15 is 0 Å². The van der Waals surface area contributed by atoms with E-state index in [-0.39, 0.29) is 38.1 Å². The highest BCUT2D eigenvalue weighted by molar-refractivity contribution is 5.92. The van der Waals surface area contributed by atoms with E-state index < -0.39 is 54.8 Å². The Labute approximate surface area is 204 Å². The first-order valence-corrected chi connectivity index (χ1v) is 11.0. The third-order valence-corrected chi connectivity index (χ3v) is 4.53. The van der Waals surface area contributed by atoms with Crippen LogP contribution < -0.4 is 27.8 Å². The quantitative estimate of drug-likeness (QED) is 0.0774. The van der Waals surface area contributed by atoms with Crippen molar-refractivity contribution in [1.29, 1.82) is 0 Å². The number of guanidine groups is 1. The number of aliphatic carboxylic acids is 1. The van der Waals surface area contributed by atoms with E-state index in [1.807, 2.05) is 0 Å². The highest BCUT2D eigenvalue weighted by Crippen LogP contribution is 2.04. The predicted molar refractivity (Wildman–Crippen MR) is 127 cm³/mol. The van der Waals surface area contributed by atoms with E-state index in [1.54, 1.807) is 13.8 Å². The molecule has 0 heterocycles. The average Bonchev–Trinajstić information content (AvgIpc) is 2.75. The summed E-state index contributed by atoms with van der Waals surface area (Å²) in [5, 5.41) is 13.5. The number of nitrogens with zero attached hydrogens (tertiary/aromatic N) is 3. The van der Waals surface area contributed by atoms with Gasteiger partial charge in [-0.25, -0.2) is 4.79 Å². The Bertz CT molecular complexity index is 771. The topological polar surface area (TPSA) is 236 Å². The van der Waals surface area contributed by atoms with Crippen molar-refractivity contribution in [2.45, 2.75) is 51.3 Å². The van der Waals surface area contributed by atoms with Gasteiger partial charge in [0.25, 0.3) is 0 Å². The molecule has 0 aromatic carbocycles. The summed E-state index contributed by atoms with van der Waals surface area (Å²) < 4.78 is 5.09. The minimum absolute atomic E-state index is 0.106. The number of hydrogen-bond donors (Lipinski definition) is 6. The van der Waals surface area contributed by atoms with Crippen LogP contribution in [0.15, 0.2) is 4.99 Å². The van der Waals surface area contributed by atoms with Crippen molar-refractivity contribution in [1.82, 2.24) is 20.4 Å². The summed E-state index contributed by atoms with van der Waals surface area (Å²) in [5.41, 5.74) is 16.0. The molecule has 0 bridgehead atoms. The lowest BCUT2D eigenvalue weighted by Crippen LogP contribution is -2.52. The molecule has 0 spiro atoms. The standard InChI is InChI=1S/C20H38N8O7/c1-12(2)35-20(34)28(4)9-8-27(3)18(33)14(6-5-7-24-19(22)23)26-15(29)11-25-17(32)13(21)10-16(30)31/h12-14H,5-11,21H2,1-4H3,(H,25,32)(H,26,29)(H,30,31)(H4,22,23,24)/t13-,14-/m0/s1. The van der Waals surface area contributed by atoms with Crippen LogP contribution in [-0.2, 0) is 23.9 Å². The van der Waals surface area contributed by atoms with Crippen LogP contribution in [0.2, 0.25) is 0 Å². The number of aliphatic imine (C=N–C) groups is 1. The summed E-state index contributed by atoms with van der Waals surface area (Å²) in [5.74, 6) is -3.28. The Balaban J connectivity index is 5.02. The Morgan fingerprint density at radius 1 is 1.06 bits per heavy atom. The van der Waals surface area contributed by atoms with E-state index in [0.717, 1.165) is 0 Å². The summed E-state index contributed by atoms with van der Waals surface area (Å²) in [6.45, 7) is 3.54. The molecule has 0 aliphatic carbocycles. The van der Waals surface area contributed by atoms with Gasteiger partial charge in [0.2, 0.25) is 17.7 Å². The molecule has 0 aliphatic rings. The first-order chi connectivity index (χ1) is 16.2. The van der Waals surface area contributed by atoms with Crippen LogP contribution in [0.5, 0.6) is 0 Å². The summed E-state index contributed by atoms with van der Waals surface area (Å²) in [7, 11) is 3.06. The van der Waals surface area contributed by atoms with E-state index in [9.17, 15) is 24.0 Å². The molecule has 200 valence electrons. The second kappa shape index (κ2) is 16.1. The molecule has 0 radical (unpaired) electrons. The third-order valence-electron chi connectivity index (χ3n) is 4.53. The summed E-state index contributed by atoms with van der Waals surface area (Å²) >= 11 is 0. The molecule has 0 fully saturated rings. The second-order valence-corrected chi connectivity index (χ2v) is 8.10. The van der Waals surface area contributed by atoms with Crippen molar-refractivity contribution < 1.29 is 33.8 Å². The maximum Gasteiger partial charge on any atom is 0.409 e. The number of carbonyl (C=O) groups is 5. The van der Waals surface area contributed by atoms with E-state index in [2.05, 4.69) is 15.6 Å². The monoisotopic (exact) mass is 502 g/mol. The molecule has 15 nitrogen and oxygen atoms in total. The van der Waals surface area contributed by atoms with E-state index in [1.165, 1.54) is 23.9 Å². The zero-order valence-corrected chi connectivity index (χ0v) is 20.7. The van der Waals surface area contributed by atoms with Crippen molar-refractivity contribution in [2.24, 2.45) is 22.2 Å². The van der Waals surface area contributed by atoms with Gasteiger partial charge in [0, 0.05) is 33.7 Å². The Hall–Kier alpha value is -3.62. The molecule has 0 unspecified atom stereocenters. The molecular formula is C20H38N8O7.